The van der Waals surface area contributed by atoms with E-state index in [2.05, 4.69) is 94.7 Å². The van der Waals surface area contributed by atoms with Crippen molar-refractivity contribution in [1.29, 1.82) is 0 Å². The van der Waals surface area contributed by atoms with Crippen molar-refractivity contribution in [1.82, 2.24) is 9.55 Å². The number of fused-ring (bicyclic) bond motifs is 23. The van der Waals surface area contributed by atoms with E-state index in [1.807, 2.05) is 66.7 Å². The van der Waals surface area contributed by atoms with E-state index in [-0.39, 0.29) is 51.0 Å². The number of pyridine rings is 1. The number of para-hydroxylation sites is 3. The Morgan fingerprint density at radius 1 is 0.446 bits per heavy atom. The van der Waals surface area contributed by atoms with Crippen LogP contribution in [-0.2, 0) is 0 Å². The normalized spacial score (nSPS) is 14.8. The summed E-state index contributed by atoms with van der Waals surface area (Å²) in [4.78, 5) is 9.80. The standard InChI is InChI=1S/C60H40N4O/c1-3-15-40(16-4-1)42-31-34-55-53(36-42)51-33-32-47-38-58(51)64(55)59-30-14-27-54(61-59)44-20-11-19-43(35-44)48-23-7-8-24-50(48)52-26-13-25-49(41-17-5-2-6-18-41)60(52)63-39-62(56-28-9-10-29-57(56)63)45-21-12-22-46(37-45)65-47/h1-38H,39H2/i1D,3D,4D,15D,16D,31D,32D,33D,34D,36D. The van der Waals surface area contributed by atoms with Crippen LogP contribution in [0.1, 0.15) is 13.7 Å². The lowest BCUT2D eigenvalue weighted by atomic mass is 9.89. The zero-order valence-electron chi connectivity index (χ0n) is 44.6. The van der Waals surface area contributed by atoms with Gasteiger partial charge >= 0.3 is 0 Å². The van der Waals surface area contributed by atoms with Crippen LogP contribution in [0, 0.1) is 0 Å². The highest BCUT2D eigenvalue weighted by Crippen LogP contribution is 2.51. The highest BCUT2D eigenvalue weighted by Gasteiger charge is 2.32. The molecule has 11 aromatic rings. The third-order valence-electron chi connectivity index (χ3n) is 12.2. The van der Waals surface area contributed by atoms with Crippen molar-refractivity contribution in [2.75, 3.05) is 16.5 Å². The molecule has 0 unspecified atom stereocenters. The number of nitrogens with zero attached hydrogens (tertiary/aromatic N) is 4. The molecule has 0 saturated carbocycles. The fraction of sp³-hybridized carbons (Fsp3) is 0.0167. The summed E-state index contributed by atoms with van der Waals surface area (Å²) in [5.74, 6) is 0.652. The minimum atomic E-state index is -0.654. The van der Waals surface area contributed by atoms with Crippen molar-refractivity contribution in [2.24, 2.45) is 0 Å². The lowest BCUT2D eigenvalue weighted by Crippen LogP contribution is -2.25. The van der Waals surface area contributed by atoms with Gasteiger partial charge in [-0.05, 0) is 100 Å². The first-order valence-corrected chi connectivity index (χ1v) is 21.3. The fourth-order valence-electron chi connectivity index (χ4n) is 9.34. The first-order chi connectivity index (χ1) is 36.4. The molecule has 9 aromatic carbocycles. The number of aromatic nitrogens is 2. The average molecular weight is 843 g/mol. The number of benzene rings is 9. The zero-order valence-corrected chi connectivity index (χ0v) is 34.6. The van der Waals surface area contributed by atoms with E-state index in [4.69, 9.17) is 16.6 Å². The Hall–Kier alpha value is -8.67. The molecule has 2 aliphatic rings. The van der Waals surface area contributed by atoms with Crippen molar-refractivity contribution < 1.29 is 18.4 Å². The Morgan fingerprint density at radius 2 is 1.17 bits per heavy atom. The van der Waals surface area contributed by atoms with E-state index in [0.717, 1.165) is 61.7 Å². The number of hydrogen-bond acceptors (Lipinski definition) is 4. The van der Waals surface area contributed by atoms with E-state index in [0.29, 0.717) is 18.1 Å². The molecule has 65 heavy (non-hydrogen) atoms. The molecule has 306 valence electrons. The average Bonchev–Trinajstić information content (AvgIpc) is 4.02. The molecule has 0 N–H and O–H groups in total. The molecule has 10 bridgehead atoms. The van der Waals surface area contributed by atoms with Gasteiger partial charge in [0.2, 0.25) is 0 Å². The molecule has 0 aliphatic carbocycles. The number of hydrogen-bond donors (Lipinski definition) is 0. The lowest BCUT2D eigenvalue weighted by Gasteiger charge is -2.28. The number of rotatable bonds is 2. The van der Waals surface area contributed by atoms with Gasteiger partial charge in [0.15, 0.2) is 0 Å². The molecule has 0 fully saturated rings. The van der Waals surface area contributed by atoms with Gasteiger partial charge in [0.25, 0.3) is 0 Å². The summed E-state index contributed by atoms with van der Waals surface area (Å²) >= 11 is 0. The summed E-state index contributed by atoms with van der Waals surface area (Å²) < 4.78 is 99.1. The predicted molar refractivity (Wildman–Crippen MR) is 268 cm³/mol. The molecule has 0 amide bonds. The van der Waals surface area contributed by atoms with E-state index < -0.39 is 53.9 Å². The summed E-state index contributed by atoms with van der Waals surface area (Å²) in [6, 6.07) is 50.9. The van der Waals surface area contributed by atoms with Crippen molar-refractivity contribution in [3.63, 3.8) is 0 Å². The molecule has 2 aromatic heterocycles. The van der Waals surface area contributed by atoms with Crippen LogP contribution in [0.4, 0.5) is 22.7 Å². The van der Waals surface area contributed by atoms with Gasteiger partial charge in [0, 0.05) is 45.3 Å². The molecular formula is C60H40N4O. The molecule has 0 atom stereocenters. The molecule has 0 saturated heterocycles. The highest BCUT2D eigenvalue weighted by molar-refractivity contribution is 6.11. The van der Waals surface area contributed by atoms with Gasteiger partial charge in [-0.2, -0.15) is 0 Å². The van der Waals surface area contributed by atoms with Crippen molar-refractivity contribution in [3.05, 3.63) is 230 Å². The molecule has 4 heterocycles. The second-order valence-corrected chi connectivity index (χ2v) is 16.0. The third kappa shape index (κ3) is 6.20. The van der Waals surface area contributed by atoms with E-state index in [9.17, 15) is 6.85 Å². The Balaban J connectivity index is 1.11. The summed E-state index contributed by atoms with van der Waals surface area (Å²) in [6.07, 6.45) is 0. The molecule has 5 nitrogen and oxygen atoms in total. The van der Waals surface area contributed by atoms with Crippen LogP contribution in [0.2, 0.25) is 0 Å². The van der Waals surface area contributed by atoms with Crippen LogP contribution in [0.15, 0.2) is 230 Å². The van der Waals surface area contributed by atoms with Crippen LogP contribution in [0.5, 0.6) is 11.5 Å². The van der Waals surface area contributed by atoms with Gasteiger partial charge < -0.3 is 14.5 Å². The summed E-state index contributed by atoms with van der Waals surface area (Å²) in [7, 11) is 0. The molecule has 0 radical (unpaired) electrons. The summed E-state index contributed by atoms with van der Waals surface area (Å²) in [5, 5.41) is 0.0451. The van der Waals surface area contributed by atoms with Gasteiger partial charge in [-0.25, -0.2) is 4.98 Å². The predicted octanol–water partition coefficient (Wildman–Crippen LogP) is 15.9. The monoisotopic (exact) mass is 842 g/mol. The van der Waals surface area contributed by atoms with Crippen LogP contribution in [0.3, 0.4) is 0 Å². The Labute approximate surface area is 391 Å². The first kappa shape index (κ1) is 28.1. The second kappa shape index (κ2) is 15.0. The lowest BCUT2D eigenvalue weighted by molar-refractivity contribution is 0.483. The fourth-order valence-corrected chi connectivity index (χ4v) is 9.34. The van der Waals surface area contributed by atoms with Crippen LogP contribution >= 0.6 is 0 Å². The summed E-state index contributed by atoms with van der Waals surface area (Å²) in [6.45, 7) is 0.430. The van der Waals surface area contributed by atoms with E-state index in [1.54, 1.807) is 22.8 Å². The SMILES string of the molecule is [2H]c1c([2H])c([2H])c(-c2c([2H])c([2H])c3c(c2[2H])c2c([2H])c([2H])c4cc2n3-c2cccc(n2)-c2cccc(c2)-c2ccccc2-c2cccc(-c3ccccc3)c2N2CN(c3cccc(c3)O4)c3ccccc32)c([2H])c1[2H]. The second-order valence-electron chi connectivity index (χ2n) is 16.0. The van der Waals surface area contributed by atoms with Gasteiger partial charge in [-0.3, -0.25) is 4.57 Å². The van der Waals surface area contributed by atoms with Crippen molar-refractivity contribution in [3.8, 4) is 73.1 Å². The van der Waals surface area contributed by atoms with Crippen LogP contribution < -0.4 is 14.5 Å². The largest absolute Gasteiger partial charge is 0.457 e. The maximum atomic E-state index is 9.78. The summed E-state index contributed by atoms with van der Waals surface area (Å²) in [5.41, 5.74) is 10.7. The van der Waals surface area contributed by atoms with Gasteiger partial charge in [0.05, 0.1) is 47.5 Å². The first-order valence-electron chi connectivity index (χ1n) is 26.3. The topological polar surface area (TPSA) is 33.5 Å². The number of anilines is 4. The Bertz CT molecular complexity index is 4210. The van der Waals surface area contributed by atoms with Crippen molar-refractivity contribution >= 4 is 44.6 Å². The Kier molecular flexibility index (Phi) is 6.49. The third-order valence-corrected chi connectivity index (χ3v) is 12.2. The van der Waals surface area contributed by atoms with Gasteiger partial charge in [0.1, 0.15) is 24.0 Å². The highest BCUT2D eigenvalue weighted by atomic mass is 16.5. The van der Waals surface area contributed by atoms with Crippen LogP contribution in [0.25, 0.3) is 83.4 Å². The van der Waals surface area contributed by atoms with Crippen molar-refractivity contribution in [2.45, 2.75) is 0 Å². The zero-order chi connectivity index (χ0) is 51.6. The minimum Gasteiger partial charge on any atom is -0.457 e. The quantitative estimate of drug-likeness (QED) is 0.174. The molecule has 0 spiro atoms. The van der Waals surface area contributed by atoms with E-state index in [1.165, 1.54) is 0 Å². The molecule has 5 heteroatoms. The smallest absolute Gasteiger partial charge is 0.138 e. The van der Waals surface area contributed by atoms with Crippen LogP contribution in [-0.4, -0.2) is 16.2 Å². The maximum Gasteiger partial charge on any atom is 0.138 e. The van der Waals surface area contributed by atoms with E-state index >= 15 is 0 Å². The van der Waals surface area contributed by atoms with Gasteiger partial charge in [-0.1, -0.05) is 152 Å². The molecule has 2 aliphatic heterocycles. The maximum absolute atomic E-state index is 9.78. The van der Waals surface area contributed by atoms with Gasteiger partial charge in [-0.15, -0.1) is 0 Å². The number of ether oxygens (including phenoxy) is 1. The minimum absolute atomic E-state index is 0.00102. The molecular weight excluding hydrogens is 793 g/mol. The Morgan fingerprint density at radius 3 is 2.06 bits per heavy atom. The molecule has 13 rings (SSSR count).